The minimum Gasteiger partial charge on any atom is -0.508 e. The lowest BCUT2D eigenvalue weighted by Crippen LogP contribution is -2.25. The van der Waals surface area contributed by atoms with E-state index in [1.807, 2.05) is 0 Å². The van der Waals surface area contributed by atoms with Crippen LogP contribution in [0.4, 0.5) is 0 Å². The number of hydrogen-bond donors (Lipinski definition) is 1. The SMILES string of the molecule is CC(C)OP(=O)(OC(C)C)C(Cc1ccc(O)cc1)P(=O)(OC(C)C)OC(C)C. The second-order valence-electron chi connectivity index (χ2n) is 8.05. The van der Waals surface area contributed by atoms with Gasteiger partial charge >= 0.3 is 15.2 Å². The molecule has 0 radical (unpaired) electrons. The van der Waals surface area contributed by atoms with Crippen LogP contribution in [0.25, 0.3) is 0 Å². The summed E-state index contributed by atoms with van der Waals surface area (Å²) in [4.78, 5) is 0. The molecule has 1 aromatic carbocycles. The molecule has 0 heterocycles. The van der Waals surface area contributed by atoms with Crippen LogP contribution < -0.4 is 0 Å². The normalized spacial score (nSPS) is 13.4. The van der Waals surface area contributed by atoms with Crippen molar-refractivity contribution in [2.75, 3.05) is 0 Å². The fourth-order valence-corrected chi connectivity index (χ4v) is 8.67. The van der Waals surface area contributed by atoms with Crippen molar-refractivity contribution in [1.82, 2.24) is 0 Å². The average Bonchev–Trinajstić information content (AvgIpc) is 2.50. The van der Waals surface area contributed by atoms with Crippen molar-refractivity contribution in [3.63, 3.8) is 0 Å². The summed E-state index contributed by atoms with van der Waals surface area (Å²) in [5, 5.41) is 8.42. The number of aromatic hydroxyl groups is 1. The molecule has 1 N–H and O–H groups in total. The Morgan fingerprint density at radius 3 is 1.28 bits per heavy atom. The molecule has 1 aromatic rings. The van der Waals surface area contributed by atoms with Crippen molar-refractivity contribution in [2.24, 2.45) is 0 Å². The van der Waals surface area contributed by atoms with E-state index in [4.69, 9.17) is 18.1 Å². The summed E-state index contributed by atoms with van der Waals surface area (Å²) >= 11 is 0. The van der Waals surface area contributed by atoms with Gasteiger partial charge in [0.1, 0.15) is 5.75 Å². The molecule has 0 aliphatic carbocycles. The van der Waals surface area contributed by atoms with Gasteiger partial charge in [-0.1, -0.05) is 12.1 Å². The van der Waals surface area contributed by atoms with Crippen molar-refractivity contribution in [3.8, 4) is 5.75 Å². The molecule has 0 bridgehead atoms. The van der Waals surface area contributed by atoms with Crippen LogP contribution >= 0.6 is 15.2 Å². The third-order valence-corrected chi connectivity index (χ3v) is 9.90. The molecule has 9 heteroatoms. The van der Waals surface area contributed by atoms with Crippen molar-refractivity contribution >= 4 is 15.2 Å². The van der Waals surface area contributed by atoms with Crippen LogP contribution in [-0.2, 0) is 33.6 Å². The fraction of sp³-hybridized carbons (Fsp3) is 0.700. The molecule has 7 nitrogen and oxygen atoms in total. The first-order valence-electron chi connectivity index (χ1n) is 9.98. The van der Waals surface area contributed by atoms with Crippen LogP contribution in [0.3, 0.4) is 0 Å². The van der Waals surface area contributed by atoms with Gasteiger partial charge in [-0.15, -0.1) is 0 Å². The molecule has 0 aromatic heterocycles. The highest BCUT2D eigenvalue weighted by atomic mass is 31.2. The van der Waals surface area contributed by atoms with E-state index in [1.54, 1.807) is 67.5 Å². The number of phenols is 1. The number of hydrogen-bond acceptors (Lipinski definition) is 7. The highest BCUT2D eigenvalue weighted by Crippen LogP contribution is 2.72. The minimum absolute atomic E-state index is 0.0771. The Morgan fingerprint density at radius 2 is 1.00 bits per heavy atom. The van der Waals surface area contributed by atoms with Crippen molar-refractivity contribution in [2.45, 2.75) is 91.6 Å². The van der Waals surface area contributed by atoms with Gasteiger partial charge in [-0.3, -0.25) is 9.13 Å². The third kappa shape index (κ3) is 8.53. The van der Waals surface area contributed by atoms with E-state index < -0.39 is 45.0 Å². The highest BCUT2D eigenvalue weighted by Gasteiger charge is 2.52. The Morgan fingerprint density at radius 1 is 0.690 bits per heavy atom. The standard InChI is InChI=1S/C20H36O7P2/c1-14(2)24-28(22,25-15(3)4)20(13-18-9-11-19(21)12-10-18)29(23,26-16(5)6)27-17(7)8/h9-12,14-17,20-21H,13H2,1-8H3. The first-order chi connectivity index (χ1) is 13.3. The molecular formula is C20H36O7P2. The predicted octanol–water partition coefficient (Wildman–Crippen LogP) is 6.35. The Kier molecular flexibility index (Phi) is 10.1. The van der Waals surface area contributed by atoms with Crippen LogP contribution in [0.15, 0.2) is 24.3 Å². The van der Waals surface area contributed by atoms with Gasteiger partial charge < -0.3 is 23.2 Å². The molecule has 0 saturated carbocycles. The second kappa shape index (κ2) is 11.1. The molecule has 1 rings (SSSR count). The largest absolute Gasteiger partial charge is 0.508 e. The van der Waals surface area contributed by atoms with E-state index >= 15 is 0 Å². The molecule has 0 amide bonds. The van der Waals surface area contributed by atoms with Gasteiger partial charge in [0.15, 0.2) is 5.40 Å². The third-order valence-electron chi connectivity index (χ3n) is 3.52. The lowest BCUT2D eigenvalue weighted by molar-refractivity contribution is 0.122. The average molecular weight is 450 g/mol. The first kappa shape index (κ1) is 26.4. The van der Waals surface area contributed by atoms with Gasteiger partial charge in [0, 0.05) is 0 Å². The number of rotatable bonds is 12. The van der Waals surface area contributed by atoms with E-state index in [0.29, 0.717) is 5.56 Å². The van der Waals surface area contributed by atoms with E-state index in [2.05, 4.69) is 0 Å². The molecule has 0 atom stereocenters. The molecule has 29 heavy (non-hydrogen) atoms. The quantitative estimate of drug-likeness (QED) is 0.371. The fourth-order valence-electron chi connectivity index (χ4n) is 2.75. The molecule has 0 unspecified atom stereocenters. The molecular weight excluding hydrogens is 414 g/mol. The van der Waals surface area contributed by atoms with Crippen molar-refractivity contribution in [3.05, 3.63) is 29.8 Å². The summed E-state index contributed by atoms with van der Waals surface area (Å²) in [5.74, 6) is 0.102. The van der Waals surface area contributed by atoms with Gasteiger partial charge in [-0.05, 0) is 79.5 Å². The Balaban J connectivity index is 3.56. The lowest BCUT2D eigenvalue weighted by Gasteiger charge is -2.35. The smallest absolute Gasteiger partial charge is 0.346 e. The summed E-state index contributed by atoms with van der Waals surface area (Å²) < 4.78 is 51.0. The molecule has 0 fully saturated rings. The maximum absolute atomic E-state index is 14.0. The summed E-state index contributed by atoms with van der Waals surface area (Å²) in [6.45, 7) is 13.9. The van der Waals surface area contributed by atoms with Gasteiger partial charge in [-0.25, -0.2) is 0 Å². The number of phenolic OH excluding ortho intramolecular Hbond substituents is 1. The summed E-state index contributed by atoms with van der Waals surface area (Å²) in [5.41, 5.74) is 0.702. The van der Waals surface area contributed by atoms with Crippen LogP contribution in [0, 0.1) is 0 Å². The zero-order valence-electron chi connectivity index (χ0n) is 18.7. The van der Waals surface area contributed by atoms with E-state index in [1.165, 1.54) is 12.1 Å². The maximum Gasteiger partial charge on any atom is 0.346 e. The van der Waals surface area contributed by atoms with Crippen LogP contribution in [0.1, 0.15) is 61.0 Å². The van der Waals surface area contributed by atoms with Crippen molar-refractivity contribution in [1.29, 1.82) is 0 Å². The summed E-state index contributed by atoms with van der Waals surface area (Å²) in [6, 6.07) is 6.38. The van der Waals surface area contributed by atoms with Gasteiger partial charge in [0.25, 0.3) is 0 Å². The molecule has 0 aliphatic rings. The van der Waals surface area contributed by atoms with E-state index in [9.17, 15) is 14.2 Å². The first-order valence-corrected chi connectivity index (χ1v) is 13.2. The molecule has 0 aliphatic heterocycles. The zero-order chi connectivity index (χ0) is 22.4. The van der Waals surface area contributed by atoms with E-state index in [-0.39, 0.29) is 12.2 Å². The predicted molar refractivity (Wildman–Crippen MR) is 116 cm³/mol. The monoisotopic (exact) mass is 450 g/mol. The Bertz CT molecular complexity index is 648. The van der Waals surface area contributed by atoms with Crippen LogP contribution in [0.2, 0.25) is 0 Å². The zero-order valence-corrected chi connectivity index (χ0v) is 20.5. The summed E-state index contributed by atoms with van der Waals surface area (Å²) in [7, 11) is -7.86. The van der Waals surface area contributed by atoms with Crippen molar-refractivity contribution < 1.29 is 32.3 Å². The molecule has 0 saturated heterocycles. The lowest BCUT2D eigenvalue weighted by atomic mass is 10.2. The Hall–Kier alpha value is -0.680. The van der Waals surface area contributed by atoms with Gasteiger partial charge in [0.2, 0.25) is 0 Å². The van der Waals surface area contributed by atoms with Crippen LogP contribution in [-0.4, -0.2) is 34.9 Å². The van der Waals surface area contributed by atoms with Gasteiger partial charge in [0.05, 0.1) is 24.4 Å². The highest BCUT2D eigenvalue weighted by molar-refractivity contribution is 7.72. The second-order valence-corrected chi connectivity index (χ2v) is 12.7. The summed E-state index contributed by atoms with van der Waals surface area (Å²) in [6.07, 6.45) is -1.61. The van der Waals surface area contributed by atoms with Gasteiger partial charge in [-0.2, -0.15) is 0 Å². The number of benzene rings is 1. The Labute approximate surface area is 175 Å². The molecule has 168 valence electrons. The van der Waals surface area contributed by atoms with E-state index in [0.717, 1.165) is 0 Å². The molecule has 0 spiro atoms. The minimum atomic E-state index is -3.93. The van der Waals surface area contributed by atoms with Crippen LogP contribution in [0.5, 0.6) is 5.75 Å². The maximum atomic E-state index is 14.0. The topological polar surface area (TPSA) is 91.3 Å².